The first-order valence-electron chi connectivity index (χ1n) is 5.71. The smallest absolute Gasteiger partial charge is 0.270 e. The van der Waals surface area contributed by atoms with Gasteiger partial charge in [-0.05, 0) is 32.0 Å². The number of benzene rings is 1. The van der Waals surface area contributed by atoms with E-state index in [1.165, 1.54) is 11.3 Å². The van der Waals surface area contributed by atoms with Gasteiger partial charge in [0.05, 0.1) is 11.2 Å². The highest BCUT2D eigenvalue weighted by Crippen LogP contribution is 2.22. The Morgan fingerprint density at radius 2 is 2.28 bits per heavy atom. The molecule has 94 valence electrons. The number of thiazole rings is 1. The average Bonchev–Trinajstić information content (AvgIpc) is 2.76. The molecule has 0 saturated heterocycles. The molecule has 0 spiro atoms. The van der Waals surface area contributed by atoms with Crippen LogP contribution in [0.2, 0.25) is 0 Å². The van der Waals surface area contributed by atoms with E-state index in [-0.39, 0.29) is 5.91 Å². The molecule has 2 rings (SSSR count). The molecule has 5 heteroatoms. The maximum absolute atomic E-state index is 12.4. The minimum Gasteiger partial charge on any atom is -0.399 e. The van der Waals surface area contributed by atoms with Gasteiger partial charge in [-0.1, -0.05) is 6.07 Å². The molecule has 0 bridgehead atoms. The molecule has 18 heavy (non-hydrogen) atoms. The summed E-state index contributed by atoms with van der Waals surface area (Å²) in [6.45, 7) is 4.38. The molecule has 0 radical (unpaired) electrons. The van der Waals surface area contributed by atoms with Gasteiger partial charge >= 0.3 is 0 Å². The maximum atomic E-state index is 12.4. The molecule has 0 fully saturated rings. The summed E-state index contributed by atoms with van der Waals surface area (Å²) in [5.74, 6) is -0.0249. The Morgan fingerprint density at radius 1 is 1.50 bits per heavy atom. The van der Waals surface area contributed by atoms with Gasteiger partial charge in [-0.25, -0.2) is 4.98 Å². The number of rotatable bonds is 3. The van der Waals surface area contributed by atoms with Crippen molar-refractivity contribution in [3.63, 3.8) is 0 Å². The Balaban J connectivity index is 2.35. The second-order valence-electron chi connectivity index (χ2n) is 3.91. The van der Waals surface area contributed by atoms with Crippen molar-refractivity contribution in [2.75, 3.05) is 17.2 Å². The molecule has 0 aliphatic heterocycles. The Hall–Kier alpha value is -1.88. The molecule has 1 heterocycles. The van der Waals surface area contributed by atoms with Crippen LogP contribution in [0.25, 0.3) is 0 Å². The molecule has 1 aromatic heterocycles. The summed E-state index contributed by atoms with van der Waals surface area (Å²) in [6, 6.07) is 7.34. The molecular formula is C13H15N3OS. The fourth-order valence-electron chi connectivity index (χ4n) is 1.77. The lowest BCUT2D eigenvalue weighted by Crippen LogP contribution is -2.30. The number of nitrogens with zero attached hydrogens (tertiary/aromatic N) is 2. The Kier molecular flexibility index (Phi) is 3.62. The van der Waals surface area contributed by atoms with E-state index in [0.29, 0.717) is 17.1 Å². The molecule has 1 aromatic carbocycles. The van der Waals surface area contributed by atoms with Crippen molar-refractivity contribution in [3.05, 3.63) is 40.3 Å². The summed E-state index contributed by atoms with van der Waals surface area (Å²) in [4.78, 5) is 18.9. The van der Waals surface area contributed by atoms with Crippen LogP contribution in [0.15, 0.2) is 29.8 Å². The lowest BCUT2D eigenvalue weighted by molar-refractivity contribution is 0.0991. The Bertz CT molecular complexity index is 565. The minimum absolute atomic E-state index is 0.0249. The SMILES string of the molecule is CCN(C(=O)c1scnc1C)c1cccc(N)c1. The number of amides is 1. The number of anilines is 2. The van der Waals surface area contributed by atoms with Gasteiger partial charge in [-0.3, -0.25) is 4.79 Å². The van der Waals surface area contributed by atoms with Crippen LogP contribution in [-0.2, 0) is 0 Å². The van der Waals surface area contributed by atoms with E-state index in [1.54, 1.807) is 22.5 Å². The second-order valence-corrected chi connectivity index (χ2v) is 4.77. The summed E-state index contributed by atoms with van der Waals surface area (Å²) < 4.78 is 0. The molecular weight excluding hydrogens is 246 g/mol. The number of carbonyl (C=O) groups excluding carboxylic acids is 1. The summed E-state index contributed by atoms with van der Waals surface area (Å²) in [7, 11) is 0. The standard InChI is InChI=1S/C13H15N3OS/c1-3-16(11-6-4-5-10(14)7-11)13(17)12-9(2)15-8-18-12/h4-8H,3,14H2,1-2H3. The van der Waals surface area contributed by atoms with Gasteiger partial charge in [0.2, 0.25) is 0 Å². The van der Waals surface area contributed by atoms with Gasteiger partial charge < -0.3 is 10.6 Å². The fourth-order valence-corrected chi connectivity index (χ4v) is 2.52. The summed E-state index contributed by atoms with van der Waals surface area (Å²) in [5.41, 5.74) is 9.68. The van der Waals surface area contributed by atoms with Crippen LogP contribution in [0.5, 0.6) is 0 Å². The molecule has 1 amide bonds. The van der Waals surface area contributed by atoms with Gasteiger partial charge in [0.15, 0.2) is 0 Å². The Labute approximate surface area is 110 Å². The van der Waals surface area contributed by atoms with Gasteiger partial charge in [-0.2, -0.15) is 0 Å². The number of aryl methyl sites for hydroxylation is 1. The molecule has 0 atom stereocenters. The first-order chi connectivity index (χ1) is 8.63. The predicted molar refractivity (Wildman–Crippen MR) is 75.1 cm³/mol. The molecule has 0 aliphatic carbocycles. The summed E-state index contributed by atoms with van der Waals surface area (Å²) >= 11 is 1.37. The van der Waals surface area contributed by atoms with Crippen LogP contribution in [-0.4, -0.2) is 17.4 Å². The average molecular weight is 261 g/mol. The predicted octanol–water partition coefficient (Wildman–Crippen LogP) is 2.70. The normalized spacial score (nSPS) is 10.3. The highest BCUT2D eigenvalue weighted by molar-refractivity contribution is 7.12. The summed E-state index contributed by atoms with van der Waals surface area (Å²) in [6.07, 6.45) is 0. The van der Waals surface area contributed by atoms with E-state index in [1.807, 2.05) is 26.0 Å². The van der Waals surface area contributed by atoms with Gasteiger partial charge in [0.1, 0.15) is 4.88 Å². The van der Waals surface area contributed by atoms with Gasteiger partial charge in [0.25, 0.3) is 5.91 Å². The first-order valence-corrected chi connectivity index (χ1v) is 6.59. The van der Waals surface area contributed by atoms with Crippen LogP contribution in [0.3, 0.4) is 0 Å². The number of nitrogens with two attached hydrogens (primary N) is 1. The molecule has 4 nitrogen and oxygen atoms in total. The van der Waals surface area contributed by atoms with Gasteiger partial charge in [-0.15, -0.1) is 11.3 Å². The third kappa shape index (κ3) is 2.36. The fraction of sp³-hybridized carbons (Fsp3) is 0.231. The van der Waals surface area contributed by atoms with E-state index >= 15 is 0 Å². The number of hydrogen-bond donors (Lipinski definition) is 1. The second kappa shape index (κ2) is 5.18. The largest absolute Gasteiger partial charge is 0.399 e. The quantitative estimate of drug-likeness (QED) is 0.864. The Morgan fingerprint density at radius 3 is 2.83 bits per heavy atom. The van der Waals surface area contributed by atoms with E-state index in [0.717, 1.165) is 11.4 Å². The molecule has 0 aliphatic rings. The van der Waals surface area contributed by atoms with Crippen molar-refractivity contribution in [1.82, 2.24) is 4.98 Å². The first kappa shape index (κ1) is 12.6. The van der Waals surface area contributed by atoms with E-state index in [9.17, 15) is 4.79 Å². The maximum Gasteiger partial charge on any atom is 0.270 e. The van der Waals surface area contributed by atoms with Crippen molar-refractivity contribution in [2.45, 2.75) is 13.8 Å². The van der Waals surface area contributed by atoms with Crippen LogP contribution in [0.4, 0.5) is 11.4 Å². The lowest BCUT2D eigenvalue weighted by Gasteiger charge is -2.20. The van der Waals surface area contributed by atoms with E-state index < -0.39 is 0 Å². The van der Waals surface area contributed by atoms with Crippen molar-refractivity contribution in [1.29, 1.82) is 0 Å². The van der Waals surface area contributed by atoms with Crippen molar-refractivity contribution in [3.8, 4) is 0 Å². The van der Waals surface area contributed by atoms with Gasteiger partial charge in [0, 0.05) is 17.9 Å². The monoisotopic (exact) mass is 261 g/mol. The zero-order valence-electron chi connectivity index (χ0n) is 10.4. The molecule has 2 N–H and O–H groups in total. The van der Waals surface area contributed by atoms with E-state index in [2.05, 4.69) is 4.98 Å². The summed E-state index contributed by atoms with van der Waals surface area (Å²) in [5, 5.41) is 0. The third-order valence-electron chi connectivity index (χ3n) is 2.68. The molecule has 0 unspecified atom stereocenters. The lowest BCUT2D eigenvalue weighted by atomic mass is 10.2. The molecule has 0 saturated carbocycles. The number of nitrogen functional groups attached to an aromatic ring is 1. The van der Waals surface area contributed by atoms with Crippen molar-refractivity contribution >= 4 is 28.6 Å². The van der Waals surface area contributed by atoms with Crippen molar-refractivity contribution in [2.24, 2.45) is 0 Å². The number of aromatic nitrogens is 1. The highest BCUT2D eigenvalue weighted by Gasteiger charge is 2.19. The molecule has 2 aromatic rings. The highest BCUT2D eigenvalue weighted by atomic mass is 32.1. The van der Waals surface area contributed by atoms with Crippen molar-refractivity contribution < 1.29 is 4.79 Å². The van der Waals surface area contributed by atoms with Crippen LogP contribution in [0, 0.1) is 6.92 Å². The third-order valence-corrected chi connectivity index (χ3v) is 3.60. The topological polar surface area (TPSA) is 59.2 Å². The number of hydrogen-bond acceptors (Lipinski definition) is 4. The van der Waals surface area contributed by atoms with Crippen LogP contribution >= 0.6 is 11.3 Å². The van der Waals surface area contributed by atoms with Crippen LogP contribution in [0.1, 0.15) is 22.3 Å². The van der Waals surface area contributed by atoms with E-state index in [4.69, 9.17) is 5.73 Å². The van der Waals surface area contributed by atoms with Crippen LogP contribution < -0.4 is 10.6 Å². The zero-order chi connectivity index (χ0) is 13.1. The minimum atomic E-state index is -0.0249. The number of carbonyl (C=O) groups is 1. The zero-order valence-corrected chi connectivity index (χ0v) is 11.2.